The SMILES string of the molecule is C(CCCCC1CCC2OC2C1)CCCC(CCCCCCCCC1CCC2OC2C1)CCCCCCCCC1CCC2OC2C1.C(CCCCC1CCC2OC2C1)CCCCC(CCCCCCCCCC1CCC2OC2C1)(CCCCCCCCCC1CCC2OC2C1)CCCCCCCCCC1CCC2OC2C1.CC(C)(c1ccc(OCCCCC2CO2)cc1)c1ccc(OCCCCC2CO2)cc1. The molecule has 16 aliphatic rings. The normalized spacial score (nSPS) is 31.2. The predicted octanol–water partition coefficient (Wildman–Crippen LogP) is 36.9. The predicted molar refractivity (Wildman–Crippen MR) is 588 cm³/mol. The van der Waals surface area contributed by atoms with Gasteiger partial charge in [-0.2, -0.15) is 0 Å². The number of fused-ring (bicyclic) bond motifs is 7. The van der Waals surface area contributed by atoms with Gasteiger partial charge in [0.2, 0.25) is 0 Å². The molecule has 142 heavy (non-hydrogen) atoms. The van der Waals surface area contributed by atoms with Gasteiger partial charge >= 0.3 is 0 Å². The molecular formula is C131H220O11. The molecule has 0 radical (unpaired) electrons. The fourth-order valence-electron chi connectivity index (χ4n) is 29.3. The molecule has 810 valence electrons. The molecule has 9 aliphatic heterocycles. The molecule has 0 aromatic heterocycles. The maximum absolute atomic E-state index is 5.90. The summed E-state index contributed by atoms with van der Waals surface area (Å²) in [4.78, 5) is 0. The van der Waals surface area contributed by atoms with Gasteiger partial charge in [-0.15, -0.1) is 0 Å². The molecule has 23 atom stereocenters. The lowest BCUT2D eigenvalue weighted by molar-refractivity contribution is 0.171. The molecule has 2 aromatic carbocycles. The van der Waals surface area contributed by atoms with Gasteiger partial charge < -0.3 is 52.1 Å². The number of ether oxygens (including phenoxy) is 11. The summed E-state index contributed by atoms with van der Waals surface area (Å²) in [6, 6.07) is 17.1. The molecule has 0 bridgehead atoms. The van der Waals surface area contributed by atoms with Crippen molar-refractivity contribution in [2.45, 2.75) is 676 Å². The second-order valence-corrected chi connectivity index (χ2v) is 52.0. The lowest BCUT2D eigenvalue weighted by Crippen LogP contribution is -2.21. The third-order valence-electron chi connectivity index (χ3n) is 39.8. The molecule has 2 aromatic rings. The number of hydrogen-bond donors (Lipinski definition) is 0. The van der Waals surface area contributed by atoms with Crippen molar-refractivity contribution in [1.29, 1.82) is 0 Å². The van der Waals surface area contributed by atoms with Crippen molar-refractivity contribution in [2.24, 2.45) is 52.8 Å². The van der Waals surface area contributed by atoms with Crippen LogP contribution in [0.15, 0.2) is 48.5 Å². The third-order valence-corrected chi connectivity index (χ3v) is 39.8. The van der Waals surface area contributed by atoms with Crippen LogP contribution in [-0.2, 0) is 48.0 Å². The van der Waals surface area contributed by atoms with Gasteiger partial charge in [-0.25, -0.2) is 0 Å². The number of benzene rings is 2. The lowest BCUT2D eigenvalue weighted by atomic mass is 9.70. The van der Waals surface area contributed by atoms with Crippen molar-refractivity contribution in [3.05, 3.63) is 59.7 Å². The van der Waals surface area contributed by atoms with Gasteiger partial charge in [0.1, 0.15) is 11.5 Å². The monoisotopic (exact) mass is 1970 g/mol. The Hall–Kier alpha value is -2.32. The minimum absolute atomic E-state index is 0.0778. The van der Waals surface area contributed by atoms with E-state index in [9.17, 15) is 0 Å². The number of epoxide rings is 9. The van der Waals surface area contributed by atoms with E-state index in [1.165, 1.54) is 544 Å². The van der Waals surface area contributed by atoms with E-state index < -0.39 is 0 Å². The van der Waals surface area contributed by atoms with Crippen LogP contribution in [0.2, 0.25) is 0 Å². The minimum atomic E-state index is -0.0778. The summed E-state index contributed by atoms with van der Waals surface area (Å²) in [7, 11) is 0. The van der Waals surface area contributed by atoms with Crippen LogP contribution in [-0.4, -0.2) is 124 Å². The van der Waals surface area contributed by atoms with E-state index in [0.717, 1.165) is 111 Å². The first-order chi connectivity index (χ1) is 70.1. The first kappa shape index (κ1) is 112. The van der Waals surface area contributed by atoms with E-state index in [2.05, 4.69) is 62.4 Å². The first-order valence-corrected chi connectivity index (χ1v) is 64.4. The number of rotatable bonds is 81. The van der Waals surface area contributed by atoms with E-state index in [1.807, 2.05) is 0 Å². The van der Waals surface area contributed by atoms with Gasteiger partial charge in [0.25, 0.3) is 0 Å². The smallest absolute Gasteiger partial charge is 0.119 e. The lowest BCUT2D eigenvalue weighted by Gasteiger charge is -2.35. The molecule has 18 rings (SSSR count). The highest BCUT2D eigenvalue weighted by Gasteiger charge is 2.49. The average Bonchev–Trinajstić information content (AvgIpc) is 1.32. The fourth-order valence-corrected chi connectivity index (χ4v) is 29.3. The zero-order valence-electron chi connectivity index (χ0n) is 92.3. The van der Waals surface area contributed by atoms with Crippen LogP contribution in [0.5, 0.6) is 11.5 Å². The van der Waals surface area contributed by atoms with E-state index in [4.69, 9.17) is 52.1 Å². The van der Waals surface area contributed by atoms with Crippen molar-refractivity contribution in [2.75, 3.05) is 26.4 Å². The van der Waals surface area contributed by atoms with Crippen LogP contribution >= 0.6 is 0 Å². The van der Waals surface area contributed by atoms with E-state index in [-0.39, 0.29) is 5.41 Å². The molecule has 0 spiro atoms. The van der Waals surface area contributed by atoms with Crippen LogP contribution in [0.4, 0.5) is 0 Å². The van der Waals surface area contributed by atoms with Crippen LogP contribution in [0.25, 0.3) is 0 Å². The van der Waals surface area contributed by atoms with E-state index in [1.54, 1.807) is 0 Å². The Labute approximate surface area is 872 Å². The molecule has 23 unspecified atom stereocenters. The number of hydrogen-bond acceptors (Lipinski definition) is 11. The zero-order valence-corrected chi connectivity index (χ0v) is 92.3. The molecule has 7 saturated carbocycles. The van der Waals surface area contributed by atoms with Gasteiger partial charge in [-0.05, 0) is 287 Å². The van der Waals surface area contributed by atoms with Crippen LogP contribution in [0.1, 0.15) is 584 Å². The second-order valence-electron chi connectivity index (χ2n) is 52.0. The summed E-state index contributed by atoms with van der Waals surface area (Å²) in [5.41, 5.74) is 3.11. The van der Waals surface area contributed by atoms with Gasteiger partial charge in [-0.3, -0.25) is 0 Å². The molecule has 7 aliphatic carbocycles. The summed E-state index contributed by atoms with van der Waals surface area (Å²) in [6.07, 6.45) is 136. The molecule has 11 heteroatoms. The van der Waals surface area contributed by atoms with E-state index in [0.29, 0.717) is 103 Å². The van der Waals surface area contributed by atoms with Gasteiger partial charge in [0.15, 0.2) is 0 Å². The van der Waals surface area contributed by atoms with Crippen LogP contribution < -0.4 is 9.47 Å². The standard InChI is InChI=1S/C61H108O4.C43H76O3.C27H36O4/c1(5-13-21-29-49-33-37-53-57(45-49)62-53)9-17-25-41-61(42-26-18-10-2-6-14-22-30-50-34-38-54-58(46-50)63-54,43-27-19-11-3-7-15-23-31-51-35-39-55-59(47-51)64-55)44-28-20-12-4-8-16-24-32-52-36-40-56-60(48-52)65-56;1(4-10-16-22-35-25-28-38-41(31-35)44-38)7-13-19-34(20-14-8-2-5-11-17-23-36-26-29-39-42(32-36)45-39)21-15-9-3-6-12-18-24-37-27-30-40-43(33-37)46-40;1-27(2,21-9-13-23(14-10-21)28-17-5-3-7-25-19-30-25)22-11-15-24(16-12-22)29-18-6-4-8-26-20-31-26/h49-60H,1-48H2;34-43H,1-33H2;9-16,25-26H,3-8,17-20H2,1-2H3. The second kappa shape index (κ2) is 63.4. The van der Waals surface area contributed by atoms with Crippen molar-refractivity contribution < 1.29 is 52.1 Å². The summed E-state index contributed by atoms with van der Waals surface area (Å²) in [5.74, 6) is 9.73. The molecule has 9 saturated heterocycles. The van der Waals surface area contributed by atoms with Crippen molar-refractivity contribution in [1.82, 2.24) is 0 Å². The maximum Gasteiger partial charge on any atom is 0.119 e. The molecule has 0 N–H and O–H groups in total. The van der Waals surface area contributed by atoms with Crippen LogP contribution in [0.3, 0.4) is 0 Å². The molecule has 16 fully saturated rings. The van der Waals surface area contributed by atoms with E-state index >= 15 is 0 Å². The molecule has 9 heterocycles. The van der Waals surface area contributed by atoms with Gasteiger partial charge in [0, 0.05) is 5.41 Å². The maximum atomic E-state index is 5.90. The van der Waals surface area contributed by atoms with Gasteiger partial charge in [0.05, 0.1) is 124 Å². The first-order valence-electron chi connectivity index (χ1n) is 64.4. The van der Waals surface area contributed by atoms with Crippen molar-refractivity contribution in [3.8, 4) is 11.5 Å². The topological polar surface area (TPSA) is 131 Å². The highest BCUT2D eigenvalue weighted by atomic mass is 16.6. The summed E-state index contributed by atoms with van der Waals surface area (Å²) >= 11 is 0. The Bertz CT molecular complexity index is 3210. The number of unbranched alkanes of at least 4 members (excludes halogenated alkanes) is 41. The highest BCUT2D eigenvalue weighted by molar-refractivity contribution is 5.42. The summed E-state index contributed by atoms with van der Waals surface area (Å²) < 4.78 is 62.8. The zero-order chi connectivity index (χ0) is 96.9. The Morgan fingerprint density at radius 3 is 0.613 bits per heavy atom. The minimum Gasteiger partial charge on any atom is -0.494 e. The molecule has 11 nitrogen and oxygen atoms in total. The van der Waals surface area contributed by atoms with Crippen molar-refractivity contribution in [3.63, 3.8) is 0 Å². The summed E-state index contributed by atoms with van der Waals surface area (Å²) in [6.45, 7) is 7.96. The van der Waals surface area contributed by atoms with Crippen molar-refractivity contribution >= 4 is 0 Å². The fraction of sp³-hybridized carbons (Fsp3) is 0.908. The Kier molecular flexibility index (Phi) is 50.1. The largest absolute Gasteiger partial charge is 0.494 e. The Balaban J connectivity index is 0.000000164. The summed E-state index contributed by atoms with van der Waals surface area (Å²) in [5, 5.41) is 0. The third kappa shape index (κ3) is 44.0. The molecular weight excluding hydrogens is 1750 g/mol. The average molecular weight is 1970 g/mol. The van der Waals surface area contributed by atoms with Gasteiger partial charge in [-0.1, -0.05) is 398 Å². The quantitative estimate of drug-likeness (QED) is 0.0463. The molecule has 0 amide bonds. The van der Waals surface area contributed by atoms with Crippen LogP contribution in [0, 0.1) is 52.8 Å². The highest BCUT2D eigenvalue weighted by Crippen LogP contribution is 2.50. The Morgan fingerprint density at radius 2 is 0.408 bits per heavy atom. The Morgan fingerprint density at radius 1 is 0.218 bits per heavy atom.